The van der Waals surface area contributed by atoms with Gasteiger partial charge in [0.25, 0.3) is 0 Å². The van der Waals surface area contributed by atoms with Crippen LogP contribution in [0.4, 0.5) is 4.79 Å². The Morgan fingerprint density at radius 2 is 1.94 bits per heavy atom. The molecule has 32 heavy (non-hydrogen) atoms. The number of piperidine rings is 1. The number of imidazole rings is 1. The first-order valence-electron chi connectivity index (χ1n) is 11.6. The van der Waals surface area contributed by atoms with Gasteiger partial charge in [-0.15, -0.1) is 0 Å². The molecule has 1 spiro atoms. The number of nitrogens with zero attached hydrogens (tertiary/aromatic N) is 2. The number of likely N-dealkylation sites (tertiary alicyclic amines) is 1. The summed E-state index contributed by atoms with van der Waals surface area (Å²) in [5.41, 5.74) is 2.85. The van der Waals surface area contributed by atoms with E-state index in [4.69, 9.17) is 0 Å². The Bertz CT molecular complexity index is 918. The first-order valence-corrected chi connectivity index (χ1v) is 11.6. The van der Waals surface area contributed by atoms with Gasteiger partial charge in [0, 0.05) is 38.3 Å². The maximum Gasteiger partial charge on any atom is 0.317 e. The molecular formula is C24H34N6O2. The molecule has 1 aromatic heterocycles. The SMILES string of the molecule is CC(C)CNC(=O)C1Cc2[nH]cnc2C2(CCN(C(=O)NCCc3ccccc3)CC2)N1. The summed E-state index contributed by atoms with van der Waals surface area (Å²) >= 11 is 0. The molecule has 3 heterocycles. The summed E-state index contributed by atoms with van der Waals surface area (Å²) in [6, 6.07) is 9.83. The molecule has 0 aliphatic carbocycles. The first kappa shape index (κ1) is 22.3. The largest absolute Gasteiger partial charge is 0.354 e. The number of carbonyl (C=O) groups excluding carboxylic acids is 2. The molecule has 2 aromatic rings. The van der Waals surface area contributed by atoms with Gasteiger partial charge in [0.05, 0.1) is 23.6 Å². The van der Waals surface area contributed by atoms with Crippen molar-refractivity contribution >= 4 is 11.9 Å². The van der Waals surface area contributed by atoms with Crippen LogP contribution in [-0.2, 0) is 23.2 Å². The van der Waals surface area contributed by atoms with Gasteiger partial charge in [0.1, 0.15) is 0 Å². The summed E-state index contributed by atoms with van der Waals surface area (Å²) < 4.78 is 0. The second-order valence-corrected chi connectivity index (χ2v) is 9.31. The van der Waals surface area contributed by atoms with Crippen LogP contribution in [0.15, 0.2) is 36.7 Å². The van der Waals surface area contributed by atoms with E-state index in [0.717, 1.165) is 30.7 Å². The predicted molar refractivity (Wildman–Crippen MR) is 123 cm³/mol. The van der Waals surface area contributed by atoms with Crippen LogP contribution in [0.25, 0.3) is 0 Å². The standard InChI is InChI=1S/C24H34N6O2/c1-17(2)15-26-22(31)20-14-19-21(28-16-27-19)24(29-20)9-12-30(13-10-24)23(32)25-11-8-18-6-4-3-5-7-18/h3-7,16-17,20,29H,8-15H2,1-2H3,(H,25,32)(H,26,31)(H,27,28). The van der Waals surface area contributed by atoms with Gasteiger partial charge in [0.2, 0.25) is 5.91 Å². The molecule has 1 atom stereocenters. The fraction of sp³-hybridized carbons (Fsp3) is 0.542. The summed E-state index contributed by atoms with van der Waals surface area (Å²) in [6.45, 7) is 6.70. The molecule has 172 valence electrons. The third kappa shape index (κ3) is 4.96. The third-order valence-electron chi connectivity index (χ3n) is 6.47. The van der Waals surface area contributed by atoms with Gasteiger partial charge in [-0.25, -0.2) is 9.78 Å². The van der Waals surface area contributed by atoms with Gasteiger partial charge in [0.15, 0.2) is 0 Å². The van der Waals surface area contributed by atoms with Crippen molar-refractivity contribution in [3.63, 3.8) is 0 Å². The molecule has 1 saturated heterocycles. The van der Waals surface area contributed by atoms with Gasteiger partial charge in [-0.1, -0.05) is 44.2 Å². The molecule has 1 unspecified atom stereocenters. The van der Waals surface area contributed by atoms with Crippen molar-refractivity contribution in [2.45, 2.75) is 51.1 Å². The van der Waals surface area contributed by atoms with E-state index in [1.54, 1.807) is 6.33 Å². The number of fused-ring (bicyclic) bond motifs is 2. The van der Waals surface area contributed by atoms with E-state index in [9.17, 15) is 9.59 Å². The molecule has 8 nitrogen and oxygen atoms in total. The number of aromatic nitrogens is 2. The maximum atomic E-state index is 12.8. The average molecular weight is 439 g/mol. The van der Waals surface area contributed by atoms with Crippen LogP contribution < -0.4 is 16.0 Å². The Balaban J connectivity index is 1.34. The van der Waals surface area contributed by atoms with E-state index in [2.05, 4.69) is 51.9 Å². The number of benzene rings is 1. The van der Waals surface area contributed by atoms with Crippen molar-refractivity contribution in [2.24, 2.45) is 5.92 Å². The Morgan fingerprint density at radius 3 is 2.66 bits per heavy atom. The van der Waals surface area contributed by atoms with Crippen LogP contribution in [0, 0.1) is 5.92 Å². The second-order valence-electron chi connectivity index (χ2n) is 9.31. The van der Waals surface area contributed by atoms with Crippen LogP contribution in [-0.4, -0.2) is 59.0 Å². The van der Waals surface area contributed by atoms with Crippen LogP contribution in [0.5, 0.6) is 0 Å². The molecule has 4 rings (SSSR count). The smallest absolute Gasteiger partial charge is 0.317 e. The minimum atomic E-state index is -0.381. The van der Waals surface area contributed by atoms with E-state index in [1.165, 1.54) is 5.56 Å². The summed E-state index contributed by atoms with van der Waals surface area (Å²) in [7, 11) is 0. The summed E-state index contributed by atoms with van der Waals surface area (Å²) in [6.07, 6.45) is 4.58. The summed E-state index contributed by atoms with van der Waals surface area (Å²) in [4.78, 5) is 35.2. The first-order chi connectivity index (χ1) is 15.5. The van der Waals surface area contributed by atoms with E-state index >= 15 is 0 Å². The summed E-state index contributed by atoms with van der Waals surface area (Å²) in [5.74, 6) is 0.433. The zero-order chi connectivity index (χ0) is 22.6. The highest BCUT2D eigenvalue weighted by molar-refractivity contribution is 5.82. The average Bonchev–Trinajstić information content (AvgIpc) is 3.28. The van der Waals surface area contributed by atoms with Gasteiger partial charge in [-0.05, 0) is 30.7 Å². The lowest BCUT2D eigenvalue weighted by molar-refractivity contribution is -0.124. The number of carbonyl (C=O) groups is 2. The van der Waals surface area contributed by atoms with Crippen LogP contribution >= 0.6 is 0 Å². The molecule has 2 aliphatic heterocycles. The van der Waals surface area contributed by atoms with Crippen molar-refractivity contribution in [1.29, 1.82) is 0 Å². The molecule has 0 saturated carbocycles. The zero-order valence-corrected chi connectivity index (χ0v) is 19.0. The van der Waals surface area contributed by atoms with Gasteiger partial charge in [-0.2, -0.15) is 0 Å². The number of hydrogen-bond donors (Lipinski definition) is 4. The Kier molecular flexibility index (Phi) is 6.79. The molecule has 1 fully saturated rings. The third-order valence-corrected chi connectivity index (χ3v) is 6.47. The van der Waals surface area contributed by atoms with Crippen molar-refractivity contribution in [2.75, 3.05) is 26.2 Å². The normalized spacial score (nSPS) is 19.6. The highest BCUT2D eigenvalue weighted by atomic mass is 16.2. The van der Waals surface area contributed by atoms with Crippen molar-refractivity contribution < 1.29 is 9.59 Å². The molecule has 0 radical (unpaired) electrons. The quantitative estimate of drug-likeness (QED) is 0.554. The molecule has 8 heteroatoms. The number of rotatable bonds is 6. The molecule has 0 bridgehead atoms. The van der Waals surface area contributed by atoms with E-state index in [-0.39, 0.29) is 23.5 Å². The van der Waals surface area contributed by atoms with E-state index < -0.39 is 0 Å². The molecule has 1 aromatic carbocycles. The van der Waals surface area contributed by atoms with E-state index in [1.807, 2.05) is 23.1 Å². The minimum Gasteiger partial charge on any atom is -0.354 e. The second kappa shape index (κ2) is 9.73. The number of H-pyrrole nitrogens is 1. The Labute approximate surface area is 189 Å². The van der Waals surface area contributed by atoms with Gasteiger partial charge in [-0.3, -0.25) is 10.1 Å². The summed E-state index contributed by atoms with van der Waals surface area (Å²) in [5, 5.41) is 9.70. The fourth-order valence-corrected chi connectivity index (χ4v) is 4.68. The molecule has 4 N–H and O–H groups in total. The van der Waals surface area contributed by atoms with Crippen molar-refractivity contribution in [3.8, 4) is 0 Å². The number of nitrogens with one attached hydrogen (secondary N) is 4. The predicted octanol–water partition coefficient (Wildman–Crippen LogP) is 1.94. The van der Waals surface area contributed by atoms with E-state index in [0.29, 0.717) is 38.5 Å². The molecular weight excluding hydrogens is 404 g/mol. The Hall–Kier alpha value is -2.87. The Morgan fingerprint density at radius 1 is 1.19 bits per heavy atom. The molecule has 3 amide bonds. The number of urea groups is 1. The highest BCUT2D eigenvalue weighted by Crippen LogP contribution is 2.37. The lowest BCUT2D eigenvalue weighted by atomic mass is 9.78. The highest BCUT2D eigenvalue weighted by Gasteiger charge is 2.46. The number of hydrogen-bond acceptors (Lipinski definition) is 4. The van der Waals surface area contributed by atoms with Crippen molar-refractivity contribution in [1.82, 2.24) is 30.8 Å². The topological polar surface area (TPSA) is 102 Å². The molecule has 2 aliphatic rings. The van der Waals surface area contributed by atoms with Crippen LogP contribution in [0.2, 0.25) is 0 Å². The zero-order valence-electron chi connectivity index (χ0n) is 19.0. The van der Waals surface area contributed by atoms with Gasteiger partial charge >= 0.3 is 6.03 Å². The maximum absolute atomic E-state index is 12.8. The van der Waals surface area contributed by atoms with Crippen LogP contribution in [0.3, 0.4) is 0 Å². The van der Waals surface area contributed by atoms with Crippen LogP contribution in [0.1, 0.15) is 43.6 Å². The van der Waals surface area contributed by atoms with Crippen molar-refractivity contribution in [3.05, 3.63) is 53.6 Å². The number of amides is 3. The van der Waals surface area contributed by atoms with Gasteiger partial charge < -0.3 is 20.5 Å². The number of aromatic amines is 1. The monoisotopic (exact) mass is 438 g/mol. The fourth-order valence-electron chi connectivity index (χ4n) is 4.68. The minimum absolute atomic E-state index is 0.0272. The lowest BCUT2D eigenvalue weighted by Gasteiger charge is -2.46. The lowest BCUT2D eigenvalue weighted by Crippen LogP contribution is -2.62.